The van der Waals surface area contributed by atoms with E-state index in [0.717, 1.165) is 24.4 Å². The van der Waals surface area contributed by atoms with Crippen LogP contribution in [0.1, 0.15) is 37.6 Å². The monoisotopic (exact) mass is 211 g/mol. The molecule has 0 aromatic carbocycles. The Hall–Kier alpha value is -1.03. The fourth-order valence-electron chi connectivity index (χ4n) is 1.69. The number of nitrogens with two attached hydrogens (primary N) is 1. The number of nitrogens with zero attached hydrogens (tertiary/aromatic N) is 2. The van der Waals surface area contributed by atoms with Gasteiger partial charge in [0.15, 0.2) is 0 Å². The van der Waals surface area contributed by atoms with Gasteiger partial charge in [-0.25, -0.2) is 4.68 Å². The second kappa shape index (κ2) is 5.16. The zero-order chi connectivity index (χ0) is 11.4. The molecule has 0 spiro atoms. The first kappa shape index (κ1) is 12.0. The van der Waals surface area contributed by atoms with E-state index in [-0.39, 0.29) is 0 Å². The van der Waals surface area contributed by atoms with Gasteiger partial charge in [0.05, 0.1) is 18.8 Å². The maximum Gasteiger partial charge on any atom is 0.215 e. The van der Waals surface area contributed by atoms with Crippen LogP contribution in [-0.4, -0.2) is 23.4 Å². The normalized spacial score (nSPS) is 11.1. The van der Waals surface area contributed by atoms with E-state index in [0.29, 0.717) is 12.6 Å². The molecule has 0 aliphatic rings. The van der Waals surface area contributed by atoms with Crippen molar-refractivity contribution in [2.75, 3.05) is 13.7 Å². The lowest BCUT2D eigenvalue weighted by molar-refractivity contribution is 0.341. The average molecular weight is 211 g/mol. The molecule has 0 saturated heterocycles. The van der Waals surface area contributed by atoms with Crippen molar-refractivity contribution in [3.63, 3.8) is 0 Å². The molecule has 0 radical (unpaired) electrons. The molecular weight excluding hydrogens is 190 g/mol. The fourth-order valence-corrected chi connectivity index (χ4v) is 1.69. The van der Waals surface area contributed by atoms with Crippen molar-refractivity contribution in [3.05, 3.63) is 11.3 Å². The number of methoxy groups -OCH3 is 1. The third-order valence-corrected chi connectivity index (χ3v) is 2.47. The second-order valence-electron chi connectivity index (χ2n) is 4.00. The van der Waals surface area contributed by atoms with E-state index >= 15 is 0 Å². The van der Waals surface area contributed by atoms with Crippen molar-refractivity contribution >= 4 is 0 Å². The minimum absolute atomic E-state index is 0.324. The van der Waals surface area contributed by atoms with Crippen LogP contribution in [0.3, 0.4) is 0 Å². The summed E-state index contributed by atoms with van der Waals surface area (Å²) in [5.74, 6) is 0.885. The molecule has 1 aromatic rings. The molecule has 15 heavy (non-hydrogen) atoms. The van der Waals surface area contributed by atoms with Gasteiger partial charge in [0.2, 0.25) is 5.88 Å². The molecule has 4 nitrogen and oxygen atoms in total. The van der Waals surface area contributed by atoms with Crippen molar-refractivity contribution in [1.29, 1.82) is 0 Å². The van der Waals surface area contributed by atoms with Gasteiger partial charge in [-0.05, 0) is 40.2 Å². The highest BCUT2D eigenvalue weighted by Crippen LogP contribution is 2.26. The van der Waals surface area contributed by atoms with E-state index < -0.39 is 0 Å². The molecule has 1 aromatic heterocycles. The van der Waals surface area contributed by atoms with Crippen LogP contribution >= 0.6 is 0 Å². The third-order valence-electron chi connectivity index (χ3n) is 2.47. The van der Waals surface area contributed by atoms with Crippen LogP contribution in [0.4, 0.5) is 0 Å². The first-order valence-electron chi connectivity index (χ1n) is 5.43. The molecular formula is C11H21N3O. The SMILES string of the molecule is COc1c(CCCN)c(C)nn1C(C)C. The van der Waals surface area contributed by atoms with Gasteiger partial charge in [0, 0.05) is 5.56 Å². The van der Waals surface area contributed by atoms with Crippen LogP contribution in [0.5, 0.6) is 5.88 Å². The summed E-state index contributed by atoms with van der Waals surface area (Å²) in [7, 11) is 1.70. The minimum atomic E-state index is 0.324. The Labute approximate surface area is 91.4 Å². The summed E-state index contributed by atoms with van der Waals surface area (Å²) >= 11 is 0. The molecule has 0 aliphatic heterocycles. The lowest BCUT2D eigenvalue weighted by Crippen LogP contribution is -2.06. The summed E-state index contributed by atoms with van der Waals surface area (Å²) < 4.78 is 7.35. The van der Waals surface area contributed by atoms with Crippen LogP contribution in [-0.2, 0) is 6.42 Å². The van der Waals surface area contributed by atoms with Gasteiger partial charge in [-0.15, -0.1) is 0 Å². The molecule has 0 bridgehead atoms. The molecule has 86 valence electrons. The first-order valence-corrected chi connectivity index (χ1v) is 5.43. The number of aromatic nitrogens is 2. The van der Waals surface area contributed by atoms with Crippen LogP contribution in [0, 0.1) is 6.92 Å². The third kappa shape index (κ3) is 2.50. The van der Waals surface area contributed by atoms with E-state index in [1.165, 1.54) is 5.56 Å². The van der Waals surface area contributed by atoms with Gasteiger partial charge >= 0.3 is 0 Å². The largest absolute Gasteiger partial charge is 0.481 e. The minimum Gasteiger partial charge on any atom is -0.481 e. The highest BCUT2D eigenvalue weighted by atomic mass is 16.5. The van der Waals surface area contributed by atoms with Crippen LogP contribution in [0.15, 0.2) is 0 Å². The molecule has 0 amide bonds. The summed E-state index contributed by atoms with van der Waals surface area (Å²) in [5, 5.41) is 4.48. The summed E-state index contributed by atoms with van der Waals surface area (Å²) in [4.78, 5) is 0. The van der Waals surface area contributed by atoms with Gasteiger partial charge < -0.3 is 10.5 Å². The van der Waals surface area contributed by atoms with Crippen molar-refractivity contribution in [1.82, 2.24) is 9.78 Å². The standard InChI is InChI=1S/C11H21N3O/c1-8(2)14-11(15-4)10(6-5-7-12)9(3)13-14/h8H,5-7,12H2,1-4H3. The Kier molecular flexibility index (Phi) is 4.15. The molecule has 0 aliphatic carbocycles. The Morgan fingerprint density at radius 3 is 2.60 bits per heavy atom. The molecule has 2 N–H and O–H groups in total. The molecule has 0 fully saturated rings. The second-order valence-corrected chi connectivity index (χ2v) is 4.00. The summed E-state index contributed by atoms with van der Waals surface area (Å²) in [6.45, 7) is 6.92. The predicted octanol–water partition coefficient (Wildman–Crippen LogP) is 1.67. The number of hydrogen-bond acceptors (Lipinski definition) is 3. The smallest absolute Gasteiger partial charge is 0.215 e. The zero-order valence-electron chi connectivity index (χ0n) is 10.1. The quantitative estimate of drug-likeness (QED) is 0.806. The van der Waals surface area contributed by atoms with Crippen molar-refractivity contribution in [3.8, 4) is 5.88 Å². The molecule has 0 unspecified atom stereocenters. The van der Waals surface area contributed by atoms with E-state index in [2.05, 4.69) is 18.9 Å². The van der Waals surface area contributed by atoms with E-state index in [1.807, 2.05) is 11.6 Å². The lowest BCUT2D eigenvalue weighted by Gasteiger charge is -2.10. The molecule has 4 heteroatoms. The summed E-state index contributed by atoms with van der Waals surface area (Å²) in [5.41, 5.74) is 7.76. The van der Waals surface area contributed by atoms with Crippen molar-refractivity contribution < 1.29 is 4.74 Å². The Morgan fingerprint density at radius 1 is 1.47 bits per heavy atom. The van der Waals surface area contributed by atoms with Gasteiger partial charge in [0.1, 0.15) is 0 Å². The molecule has 1 rings (SSSR count). The number of aryl methyl sites for hydroxylation is 1. The van der Waals surface area contributed by atoms with E-state index in [1.54, 1.807) is 7.11 Å². The average Bonchev–Trinajstić information content (AvgIpc) is 2.52. The maximum absolute atomic E-state index is 5.52. The highest BCUT2D eigenvalue weighted by molar-refractivity contribution is 5.31. The molecule has 0 saturated carbocycles. The van der Waals surface area contributed by atoms with Gasteiger partial charge in [-0.3, -0.25) is 0 Å². The number of hydrogen-bond donors (Lipinski definition) is 1. The Morgan fingerprint density at radius 2 is 2.13 bits per heavy atom. The van der Waals surface area contributed by atoms with Gasteiger partial charge in [-0.1, -0.05) is 0 Å². The Bertz CT molecular complexity index is 318. The Balaban J connectivity index is 3.02. The van der Waals surface area contributed by atoms with Crippen LogP contribution < -0.4 is 10.5 Å². The summed E-state index contributed by atoms with van der Waals surface area (Å²) in [6, 6.07) is 0.324. The summed E-state index contributed by atoms with van der Waals surface area (Å²) in [6.07, 6.45) is 1.92. The number of ether oxygens (including phenoxy) is 1. The number of rotatable bonds is 5. The van der Waals surface area contributed by atoms with Gasteiger partial charge in [0.25, 0.3) is 0 Å². The van der Waals surface area contributed by atoms with Crippen molar-refractivity contribution in [2.24, 2.45) is 5.73 Å². The molecule has 1 heterocycles. The van der Waals surface area contributed by atoms with Crippen LogP contribution in [0.2, 0.25) is 0 Å². The van der Waals surface area contributed by atoms with Crippen molar-refractivity contribution in [2.45, 2.75) is 39.7 Å². The van der Waals surface area contributed by atoms with E-state index in [9.17, 15) is 0 Å². The predicted molar refractivity (Wildman–Crippen MR) is 61.3 cm³/mol. The van der Waals surface area contributed by atoms with E-state index in [4.69, 9.17) is 10.5 Å². The first-order chi connectivity index (χ1) is 7.11. The fraction of sp³-hybridized carbons (Fsp3) is 0.727. The highest BCUT2D eigenvalue weighted by Gasteiger charge is 2.16. The van der Waals surface area contributed by atoms with Crippen LogP contribution in [0.25, 0.3) is 0 Å². The topological polar surface area (TPSA) is 53.1 Å². The zero-order valence-corrected chi connectivity index (χ0v) is 10.1. The molecule has 0 atom stereocenters. The maximum atomic E-state index is 5.52. The lowest BCUT2D eigenvalue weighted by atomic mass is 10.1. The van der Waals surface area contributed by atoms with Gasteiger partial charge in [-0.2, -0.15) is 5.10 Å².